The van der Waals surface area contributed by atoms with Crippen molar-refractivity contribution in [2.75, 3.05) is 6.54 Å². The minimum absolute atomic E-state index is 0.137. The zero-order valence-corrected chi connectivity index (χ0v) is 10.6. The van der Waals surface area contributed by atoms with Crippen LogP contribution in [0.3, 0.4) is 0 Å². The summed E-state index contributed by atoms with van der Waals surface area (Å²) in [6.45, 7) is 1.79. The normalized spacial score (nSPS) is 13.2. The average Bonchev–Trinajstić information content (AvgIpc) is 2.33. The lowest BCUT2D eigenvalue weighted by atomic mass is 10.0. The fraction of sp³-hybridized carbons (Fsp3) is 0.273. The number of halogens is 2. The lowest BCUT2D eigenvalue weighted by molar-refractivity contribution is 0.315. The molecule has 0 saturated heterocycles. The van der Waals surface area contributed by atoms with E-state index in [2.05, 4.69) is 10.5 Å². The molecule has 0 saturated carbocycles. The first-order chi connectivity index (χ1) is 8.10. The maximum absolute atomic E-state index is 8.80. The van der Waals surface area contributed by atoms with E-state index in [9.17, 15) is 0 Å². The fourth-order valence-corrected chi connectivity index (χ4v) is 1.71. The lowest BCUT2D eigenvalue weighted by Crippen LogP contribution is -2.27. The maximum atomic E-state index is 8.80. The molecule has 4 nitrogen and oxygen atoms in total. The van der Waals surface area contributed by atoms with Crippen molar-refractivity contribution in [3.05, 3.63) is 33.8 Å². The first-order valence-electron chi connectivity index (χ1n) is 4.84. The van der Waals surface area contributed by atoms with Gasteiger partial charge in [-0.15, -0.1) is 0 Å². The van der Waals surface area contributed by atoms with Crippen LogP contribution in [0.15, 0.2) is 23.4 Å². The van der Waals surface area contributed by atoms with E-state index in [1.165, 1.54) is 0 Å². The second kappa shape index (κ2) is 6.45. The Bertz CT molecular complexity index is 468. The Morgan fingerprint density at radius 3 is 2.76 bits per heavy atom. The largest absolute Gasteiger partial charge is 0.411 e. The van der Waals surface area contributed by atoms with E-state index in [0.717, 1.165) is 5.56 Å². The number of rotatable bonds is 4. The highest BCUT2D eigenvalue weighted by Gasteiger charge is 2.15. The van der Waals surface area contributed by atoms with Gasteiger partial charge in [0.25, 0.3) is 0 Å². The second-order valence-electron chi connectivity index (χ2n) is 3.39. The molecule has 1 atom stereocenters. The van der Waals surface area contributed by atoms with Crippen LogP contribution in [0.25, 0.3) is 0 Å². The molecule has 0 aromatic heterocycles. The molecule has 1 unspecified atom stereocenters. The molecule has 0 radical (unpaired) electrons. The van der Waals surface area contributed by atoms with Crippen LogP contribution >= 0.6 is 23.2 Å². The summed E-state index contributed by atoms with van der Waals surface area (Å²) in [6.07, 6.45) is 0. The van der Waals surface area contributed by atoms with E-state index in [0.29, 0.717) is 15.8 Å². The zero-order chi connectivity index (χ0) is 12.8. The summed E-state index contributed by atoms with van der Waals surface area (Å²) < 4.78 is 0. The van der Waals surface area contributed by atoms with Crippen LogP contribution in [0, 0.1) is 11.3 Å². The summed E-state index contributed by atoms with van der Waals surface area (Å²) in [4.78, 5) is 0. The summed E-state index contributed by atoms with van der Waals surface area (Å²) in [5.74, 6) is 0. The van der Waals surface area contributed by atoms with Gasteiger partial charge in [-0.25, -0.2) is 0 Å². The third-order valence-corrected chi connectivity index (χ3v) is 2.98. The molecule has 0 aliphatic heterocycles. The summed E-state index contributed by atoms with van der Waals surface area (Å²) in [7, 11) is 0. The van der Waals surface area contributed by atoms with Gasteiger partial charge in [0.05, 0.1) is 34.4 Å². The van der Waals surface area contributed by atoms with Crippen LogP contribution in [-0.4, -0.2) is 17.5 Å². The van der Waals surface area contributed by atoms with Gasteiger partial charge < -0.3 is 5.21 Å². The van der Waals surface area contributed by atoms with Crippen LogP contribution in [0.5, 0.6) is 0 Å². The highest BCUT2D eigenvalue weighted by atomic mass is 35.5. The highest BCUT2D eigenvalue weighted by molar-refractivity contribution is 6.42. The van der Waals surface area contributed by atoms with Gasteiger partial charge in [-0.05, 0) is 24.6 Å². The van der Waals surface area contributed by atoms with E-state index in [-0.39, 0.29) is 12.6 Å². The van der Waals surface area contributed by atoms with Crippen LogP contribution in [0.1, 0.15) is 18.5 Å². The van der Waals surface area contributed by atoms with Crippen LogP contribution < -0.4 is 5.32 Å². The van der Waals surface area contributed by atoms with Crippen molar-refractivity contribution in [3.63, 3.8) is 0 Å². The van der Waals surface area contributed by atoms with Gasteiger partial charge in [0.15, 0.2) is 0 Å². The summed E-state index contributed by atoms with van der Waals surface area (Å²) in [5, 5.41) is 24.3. The fourth-order valence-electron chi connectivity index (χ4n) is 1.40. The van der Waals surface area contributed by atoms with Crippen molar-refractivity contribution in [3.8, 4) is 6.07 Å². The number of nitriles is 1. The molecule has 2 N–H and O–H groups in total. The van der Waals surface area contributed by atoms with Gasteiger partial charge >= 0.3 is 0 Å². The Hall–Kier alpha value is -1.28. The lowest BCUT2D eigenvalue weighted by Gasteiger charge is -2.16. The summed E-state index contributed by atoms with van der Waals surface area (Å²) in [5.41, 5.74) is 1.23. The molecule has 0 fully saturated rings. The standard InChI is InChI=1S/C11H11Cl2N3O/c1-7(16-17)11(15-5-4-14)8-2-3-9(12)10(13)6-8/h2-3,6,11,15,17H,5H2,1H3/b16-7+. The molecule has 90 valence electrons. The number of nitrogens with one attached hydrogen (secondary N) is 1. The van der Waals surface area contributed by atoms with Crippen molar-refractivity contribution < 1.29 is 5.21 Å². The second-order valence-corrected chi connectivity index (χ2v) is 4.20. The molecule has 1 rings (SSSR count). The van der Waals surface area contributed by atoms with E-state index in [1.807, 2.05) is 6.07 Å². The molecule has 0 bridgehead atoms. The van der Waals surface area contributed by atoms with Crippen molar-refractivity contribution in [1.82, 2.24) is 5.32 Å². The molecular formula is C11H11Cl2N3O. The summed E-state index contributed by atoms with van der Waals surface area (Å²) in [6, 6.07) is 6.69. The SMILES string of the molecule is C/C(=N\O)C(NCC#N)c1ccc(Cl)c(Cl)c1. The Morgan fingerprint density at radius 2 is 2.24 bits per heavy atom. The molecule has 0 aliphatic carbocycles. The highest BCUT2D eigenvalue weighted by Crippen LogP contribution is 2.26. The first kappa shape index (κ1) is 13.8. The third-order valence-electron chi connectivity index (χ3n) is 2.24. The van der Waals surface area contributed by atoms with Crippen LogP contribution in [-0.2, 0) is 0 Å². The van der Waals surface area contributed by atoms with Crippen molar-refractivity contribution in [2.45, 2.75) is 13.0 Å². The van der Waals surface area contributed by atoms with Gasteiger partial charge in [0.2, 0.25) is 0 Å². The molecule has 1 aromatic rings. The number of hydrogen-bond donors (Lipinski definition) is 2. The van der Waals surface area contributed by atoms with Gasteiger partial charge in [0, 0.05) is 0 Å². The topological polar surface area (TPSA) is 68.4 Å². The third kappa shape index (κ3) is 3.60. The van der Waals surface area contributed by atoms with Crippen molar-refractivity contribution >= 4 is 28.9 Å². The molecule has 17 heavy (non-hydrogen) atoms. The molecule has 0 amide bonds. The zero-order valence-electron chi connectivity index (χ0n) is 9.11. The number of oxime groups is 1. The smallest absolute Gasteiger partial charge is 0.0848 e. The minimum Gasteiger partial charge on any atom is -0.411 e. The monoisotopic (exact) mass is 271 g/mol. The van der Waals surface area contributed by atoms with E-state index in [1.54, 1.807) is 25.1 Å². The minimum atomic E-state index is -0.366. The van der Waals surface area contributed by atoms with E-state index in [4.69, 9.17) is 33.7 Å². The Kier molecular flexibility index (Phi) is 5.23. The predicted molar refractivity (Wildman–Crippen MR) is 67.7 cm³/mol. The van der Waals surface area contributed by atoms with Gasteiger partial charge in [0.1, 0.15) is 0 Å². The quantitative estimate of drug-likeness (QED) is 0.383. The average molecular weight is 272 g/mol. The van der Waals surface area contributed by atoms with E-state index >= 15 is 0 Å². The Morgan fingerprint density at radius 1 is 1.53 bits per heavy atom. The summed E-state index contributed by atoms with van der Waals surface area (Å²) >= 11 is 11.7. The van der Waals surface area contributed by atoms with Gasteiger partial charge in [-0.1, -0.05) is 34.4 Å². The van der Waals surface area contributed by atoms with Crippen LogP contribution in [0.2, 0.25) is 10.0 Å². The number of hydrogen-bond acceptors (Lipinski definition) is 4. The van der Waals surface area contributed by atoms with Crippen LogP contribution in [0.4, 0.5) is 0 Å². The first-order valence-corrected chi connectivity index (χ1v) is 5.59. The van der Waals surface area contributed by atoms with Gasteiger partial charge in [-0.2, -0.15) is 5.26 Å². The molecule has 0 spiro atoms. The van der Waals surface area contributed by atoms with Crippen molar-refractivity contribution in [1.29, 1.82) is 5.26 Å². The molecule has 1 aromatic carbocycles. The van der Waals surface area contributed by atoms with E-state index < -0.39 is 0 Å². The predicted octanol–water partition coefficient (Wildman–Crippen LogP) is 3.00. The molecule has 0 heterocycles. The number of benzene rings is 1. The van der Waals surface area contributed by atoms with Gasteiger partial charge in [-0.3, -0.25) is 5.32 Å². The molecular weight excluding hydrogens is 261 g/mol. The Labute approximate surface area is 109 Å². The molecule has 6 heteroatoms. The Balaban J connectivity index is 3.04. The maximum Gasteiger partial charge on any atom is 0.0848 e. The molecule has 0 aliphatic rings. The number of nitrogens with zero attached hydrogens (tertiary/aromatic N) is 2. The van der Waals surface area contributed by atoms with Crippen molar-refractivity contribution in [2.24, 2.45) is 5.16 Å².